The molecule has 0 aromatic heterocycles. The van der Waals surface area contributed by atoms with Crippen molar-refractivity contribution in [2.24, 2.45) is 5.73 Å². The van der Waals surface area contributed by atoms with Crippen LogP contribution in [0.15, 0.2) is 24.3 Å². The van der Waals surface area contributed by atoms with E-state index < -0.39 is 0 Å². The molecule has 0 radical (unpaired) electrons. The van der Waals surface area contributed by atoms with Crippen molar-refractivity contribution in [1.29, 1.82) is 0 Å². The SMILES string of the molecule is CCN(CCOC)C(CN)c1ccc(C(C)C)cc1. The lowest BCUT2D eigenvalue weighted by atomic mass is 9.98. The molecule has 3 nitrogen and oxygen atoms in total. The van der Waals surface area contributed by atoms with E-state index >= 15 is 0 Å². The number of methoxy groups -OCH3 is 1. The van der Waals surface area contributed by atoms with Crippen LogP contribution < -0.4 is 5.73 Å². The van der Waals surface area contributed by atoms with Crippen molar-refractivity contribution < 1.29 is 4.74 Å². The molecule has 0 amide bonds. The Bertz CT molecular complexity index is 348. The second-order valence-electron chi connectivity index (χ2n) is 5.19. The first-order chi connectivity index (χ1) is 9.13. The number of nitrogens with zero attached hydrogens (tertiary/aromatic N) is 1. The van der Waals surface area contributed by atoms with Crippen molar-refractivity contribution in [3.05, 3.63) is 35.4 Å². The van der Waals surface area contributed by atoms with Gasteiger partial charge in [-0.1, -0.05) is 45.0 Å². The van der Waals surface area contributed by atoms with E-state index in [1.165, 1.54) is 11.1 Å². The van der Waals surface area contributed by atoms with Crippen LogP contribution in [-0.4, -0.2) is 38.3 Å². The molecule has 19 heavy (non-hydrogen) atoms. The Morgan fingerprint density at radius 1 is 1.16 bits per heavy atom. The smallest absolute Gasteiger partial charge is 0.0589 e. The van der Waals surface area contributed by atoms with Crippen molar-refractivity contribution >= 4 is 0 Å². The van der Waals surface area contributed by atoms with E-state index in [0.717, 1.165) is 19.7 Å². The van der Waals surface area contributed by atoms with Gasteiger partial charge in [0.15, 0.2) is 0 Å². The summed E-state index contributed by atoms with van der Waals surface area (Å²) in [5, 5.41) is 0. The highest BCUT2D eigenvalue weighted by Gasteiger charge is 2.17. The molecule has 1 unspecified atom stereocenters. The summed E-state index contributed by atoms with van der Waals surface area (Å²) in [4.78, 5) is 2.37. The van der Waals surface area contributed by atoms with Crippen molar-refractivity contribution in [1.82, 2.24) is 4.90 Å². The second kappa shape index (κ2) is 8.31. The molecule has 108 valence electrons. The Morgan fingerprint density at radius 3 is 2.16 bits per heavy atom. The fourth-order valence-corrected chi connectivity index (χ4v) is 2.34. The van der Waals surface area contributed by atoms with Crippen molar-refractivity contribution in [2.45, 2.75) is 32.7 Å². The zero-order valence-corrected chi connectivity index (χ0v) is 12.7. The van der Waals surface area contributed by atoms with Gasteiger partial charge < -0.3 is 10.5 Å². The van der Waals surface area contributed by atoms with Crippen LogP contribution in [0.4, 0.5) is 0 Å². The summed E-state index contributed by atoms with van der Waals surface area (Å²) in [6.07, 6.45) is 0. The molecule has 0 aliphatic heterocycles. The molecule has 0 aliphatic rings. The molecule has 0 bridgehead atoms. The third-order valence-electron chi connectivity index (χ3n) is 3.64. The second-order valence-corrected chi connectivity index (χ2v) is 5.19. The van der Waals surface area contributed by atoms with Gasteiger partial charge >= 0.3 is 0 Å². The summed E-state index contributed by atoms with van der Waals surface area (Å²) in [6.45, 7) is 9.88. The summed E-state index contributed by atoms with van der Waals surface area (Å²) in [5.74, 6) is 0.571. The van der Waals surface area contributed by atoms with Gasteiger partial charge in [-0.2, -0.15) is 0 Å². The molecule has 1 aromatic rings. The molecule has 1 rings (SSSR count). The molecule has 2 N–H and O–H groups in total. The quantitative estimate of drug-likeness (QED) is 0.784. The molecular weight excluding hydrogens is 236 g/mol. The topological polar surface area (TPSA) is 38.5 Å². The first-order valence-electron chi connectivity index (χ1n) is 7.16. The molecule has 1 aromatic carbocycles. The van der Waals surface area contributed by atoms with Crippen LogP contribution in [0.3, 0.4) is 0 Å². The normalized spacial score (nSPS) is 13.2. The van der Waals surface area contributed by atoms with Gasteiger partial charge in [-0.25, -0.2) is 0 Å². The zero-order chi connectivity index (χ0) is 14.3. The van der Waals surface area contributed by atoms with E-state index in [-0.39, 0.29) is 6.04 Å². The van der Waals surface area contributed by atoms with Gasteiger partial charge in [0, 0.05) is 26.2 Å². The largest absolute Gasteiger partial charge is 0.383 e. The minimum absolute atomic E-state index is 0.279. The molecule has 0 aliphatic carbocycles. The Hall–Kier alpha value is -0.900. The Labute approximate surface area is 117 Å². The standard InChI is InChI=1S/C16H28N2O/c1-5-18(10-11-19-4)16(12-17)15-8-6-14(7-9-15)13(2)3/h6-9,13,16H,5,10-12,17H2,1-4H3. The van der Waals surface area contributed by atoms with Gasteiger partial charge in [-0.05, 0) is 23.6 Å². The fourth-order valence-electron chi connectivity index (χ4n) is 2.34. The number of likely N-dealkylation sites (N-methyl/N-ethyl adjacent to an activating group) is 1. The first kappa shape index (κ1) is 16.2. The molecule has 0 spiro atoms. The summed E-state index contributed by atoms with van der Waals surface area (Å²) in [7, 11) is 1.74. The Morgan fingerprint density at radius 2 is 1.74 bits per heavy atom. The van der Waals surface area contributed by atoms with Gasteiger partial charge in [0.25, 0.3) is 0 Å². The van der Waals surface area contributed by atoms with Crippen molar-refractivity contribution in [3.63, 3.8) is 0 Å². The van der Waals surface area contributed by atoms with Crippen LogP contribution in [0.1, 0.15) is 43.9 Å². The van der Waals surface area contributed by atoms with Crippen LogP contribution in [0.25, 0.3) is 0 Å². The maximum absolute atomic E-state index is 5.97. The number of benzene rings is 1. The highest BCUT2D eigenvalue weighted by Crippen LogP contribution is 2.22. The number of ether oxygens (including phenoxy) is 1. The predicted octanol–water partition coefficient (Wildman–Crippen LogP) is 2.78. The van der Waals surface area contributed by atoms with E-state index in [1.54, 1.807) is 7.11 Å². The monoisotopic (exact) mass is 264 g/mol. The minimum atomic E-state index is 0.279. The average Bonchev–Trinajstić information content (AvgIpc) is 2.43. The Balaban J connectivity index is 2.82. The molecular formula is C16H28N2O. The maximum atomic E-state index is 5.97. The highest BCUT2D eigenvalue weighted by atomic mass is 16.5. The molecule has 0 heterocycles. The number of hydrogen-bond donors (Lipinski definition) is 1. The lowest BCUT2D eigenvalue weighted by molar-refractivity contribution is 0.125. The van der Waals surface area contributed by atoms with Gasteiger partial charge in [0.1, 0.15) is 0 Å². The van der Waals surface area contributed by atoms with Crippen molar-refractivity contribution in [3.8, 4) is 0 Å². The predicted molar refractivity (Wildman–Crippen MR) is 81.4 cm³/mol. The molecule has 3 heteroatoms. The highest BCUT2D eigenvalue weighted by molar-refractivity contribution is 5.27. The number of rotatable bonds is 8. The number of hydrogen-bond acceptors (Lipinski definition) is 3. The lowest BCUT2D eigenvalue weighted by Gasteiger charge is -2.30. The van der Waals surface area contributed by atoms with E-state index in [1.807, 2.05) is 0 Å². The van der Waals surface area contributed by atoms with Crippen LogP contribution in [0, 0.1) is 0 Å². The maximum Gasteiger partial charge on any atom is 0.0589 e. The third-order valence-corrected chi connectivity index (χ3v) is 3.64. The molecule has 0 fully saturated rings. The molecule has 0 saturated heterocycles. The van der Waals surface area contributed by atoms with E-state index in [4.69, 9.17) is 10.5 Å². The molecule has 1 atom stereocenters. The van der Waals surface area contributed by atoms with Crippen molar-refractivity contribution in [2.75, 3.05) is 33.4 Å². The summed E-state index contributed by atoms with van der Waals surface area (Å²) in [6, 6.07) is 9.13. The van der Waals surface area contributed by atoms with Crippen LogP contribution in [-0.2, 0) is 4.74 Å². The first-order valence-corrected chi connectivity index (χ1v) is 7.16. The van der Waals surface area contributed by atoms with Crippen LogP contribution >= 0.6 is 0 Å². The van der Waals surface area contributed by atoms with Gasteiger partial charge in [-0.15, -0.1) is 0 Å². The summed E-state index contributed by atoms with van der Waals surface area (Å²) in [5.41, 5.74) is 8.64. The van der Waals surface area contributed by atoms with E-state index in [9.17, 15) is 0 Å². The minimum Gasteiger partial charge on any atom is -0.383 e. The molecule has 0 saturated carbocycles. The van der Waals surface area contributed by atoms with Gasteiger partial charge in [0.2, 0.25) is 0 Å². The van der Waals surface area contributed by atoms with Crippen LogP contribution in [0.2, 0.25) is 0 Å². The van der Waals surface area contributed by atoms with Gasteiger partial charge in [0.05, 0.1) is 6.61 Å². The van der Waals surface area contributed by atoms with Crippen LogP contribution in [0.5, 0.6) is 0 Å². The number of nitrogens with two attached hydrogens (primary N) is 1. The fraction of sp³-hybridized carbons (Fsp3) is 0.625. The summed E-state index contributed by atoms with van der Waals surface area (Å²) >= 11 is 0. The van der Waals surface area contributed by atoms with Gasteiger partial charge in [-0.3, -0.25) is 4.90 Å². The van der Waals surface area contributed by atoms with E-state index in [0.29, 0.717) is 12.5 Å². The Kier molecular flexibility index (Phi) is 7.06. The summed E-state index contributed by atoms with van der Waals surface area (Å²) < 4.78 is 5.17. The lowest BCUT2D eigenvalue weighted by Crippen LogP contribution is -2.36. The van der Waals surface area contributed by atoms with E-state index in [2.05, 4.69) is 49.9 Å². The average molecular weight is 264 g/mol. The zero-order valence-electron chi connectivity index (χ0n) is 12.7. The third kappa shape index (κ3) is 4.60.